The third-order valence-electron chi connectivity index (χ3n) is 5.44. The number of rotatable bonds is 7. The molecule has 0 spiro atoms. The van der Waals surface area contributed by atoms with Gasteiger partial charge in [0.1, 0.15) is 5.01 Å². The molecule has 31 heavy (non-hydrogen) atoms. The first kappa shape index (κ1) is 23.7. The van der Waals surface area contributed by atoms with Crippen molar-refractivity contribution in [1.82, 2.24) is 15.2 Å². The van der Waals surface area contributed by atoms with Crippen LogP contribution in [0.4, 0.5) is 13.2 Å². The number of halogens is 3. The minimum absolute atomic E-state index is 0.0947. The Morgan fingerprint density at radius 1 is 1.19 bits per heavy atom. The van der Waals surface area contributed by atoms with Crippen LogP contribution in [0.5, 0.6) is 0 Å². The van der Waals surface area contributed by atoms with E-state index in [1.165, 1.54) is 38.0 Å². The van der Waals surface area contributed by atoms with Crippen molar-refractivity contribution < 1.29 is 23.1 Å². The molecule has 1 aromatic carbocycles. The molecule has 1 aliphatic rings. The van der Waals surface area contributed by atoms with Crippen molar-refractivity contribution in [1.29, 1.82) is 0 Å². The molecular weight excluding hydrogens is 427 g/mol. The van der Waals surface area contributed by atoms with Gasteiger partial charge < -0.3 is 10.4 Å². The molecule has 0 saturated carbocycles. The van der Waals surface area contributed by atoms with Crippen LogP contribution in [0, 0.1) is 6.92 Å². The quantitative estimate of drug-likeness (QED) is 0.654. The Morgan fingerprint density at radius 3 is 2.48 bits per heavy atom. The summed E-state index contributed by atoms with van der Waals surface area (Å²) >= 11 is 0.694. The smallest absolute Gasteiger partial charge is 0.374 e. The van der Waals surface area contributed by atoms with Crippen LogP contribution < -0.4 is 5.32 Å². The first-order valence-corrected chi connectivity index (χ1v) is 11.3. The number of carbonyl (C=O) groups is 1. The zero-order chi connectivity index (χ0) is 22.5. The zero-order valence-corrected chi connectivity index (χ0v) is 18.4. The maximum atomic E-state index is 13.6. The first-order chi connectivity index (χ1) is 14.7. The number of likely N-dealkylation sites (tertiary alicyclic amines) is 1. The monoisotopic (exact) mass is 455 g/mol. The minimum Gasteiger partial charge on any atom is -0.374 e. The van der Waals surface area contributed by atoms with E-state index in [-0.39, 0.29) is 6.54 Å². The number of amides is 1. The number of thiazole rings is 1. The molecule has 1 amide bonds. The number of alkyl halides is 3. The Balaban J connectivity index is 1.60. The van der Waals surface area contributed by atoms with E-state index in [9.17, 15) is 23.1 Å². The molecule has 0 aliphatic carbocycles. The molecule has 1 unspecified atom stereocenters. The third-order valence-corrected chi connectivity index (χ3v) is 6.56. The number of hydrogen-bond donors (Lipinski definition) is 2. The summed E-state index contributed by atoms with van der Waals surface area (Å²) in [5.41, 5.74) is -1.02. The maximum Gasteiger partial charge on any atom is 0.424 e. The van der Waals surface area contributed by atoms with E-state index < -0.39 is 29.1 Å². The fraction of sp³-hybridized carbons (Fsp3) is 0.545. The Hall–Kier alpha value is -1.97. The van der Waals surface area contributed by atoms with Crippen LogP contribution in [0.1, 0.15) is 53.9 Å². The van der Waals surface area contributed by atoms with Crippen molar-refractivity contribution in [3.05, 3.63) is 51.5 Å². The molecule has 1 atom stereocenters. The lowest BCUT2D eigenvalue weighted by Crippen LogP contribution is -2.46. The topological polar surface area (TPSA) is 65.5 Å². The molecule has 2 N–H and O–H groups in total. The number of carbonyl (C=O) groups excluding carboxylic acids is 1. The average Bonchev–Trinajstić information content (AvgIpc) is 2.99. The van der Waals surface area contributed by atoms with Gasteiger partial charge >= 0.3 is 6.18 Å². The number of aliphatic hydroxyl groups is 1. The van der Waals surface area contributed by atoms with Crippen molar-refractivity contribution in [2.45, 2.75) is 63.9 Å². The molecule has 9 heteroatoms. The van der Waals surface area contributed by atoms with Gasteiger partial charge in [-0.25, -0.2) is 4.98 Å². The van der Waals surface area contributed by atoms with Crippen LogP contribution in [0.25, 0.3) is 0 Å². The summed E-state index contributed by atoms with van der Waals surface area (Å²) in [7, 11) is 0. The Morgan fingerprint density at radius 2 is 1.87 bits per heavy atom. The van der Waals surface area contributed by atoms with E-state index in [0.29, 0.717) is 17.0 Å². The largest absolute Gasteiger partial charge is 0.424 e. The Labute approximate surface area is 184 Å². The van der Waals surface area contributed by atoms with Gasteiger partial charge in [-0.2, -0.15) is 13.2 Å². The van der Waals surface area contributed by atoms with Gasteiger partial charge in [-0.05, 0) is 44.0 Å². The number of nitrogens with one attached hydrogen (secondary N) is 1. The lowest BCUT2D eigenvalue weighted by atomic mass is 9.99. The number of aryl methyl sites for hydroxylation is 1. The van der Waals surface area contributed by atoms with Crippen molar-refractivity contribution in [2.75, 3.05) is 13.1 Å². The number of nitrogens with zero attached hydrogens (tertiary/aromatic N) is 2. The fourth-order valence-corrected chi connectivity index (χ4v) is 4.64. The zero-order valence-electron chi connectivity index (χ0n) is 17.5. The molecule has 170 valence electrons. The van der Waals surface area contributed by atoms with Gasteiger partial charge in [-0.3, -0.25) is 9.69 Å². The van der Waals surface area contributed by atoms with Crippen molar-refractivity contribution >= 4 is 17.2 Å². The van der Waals surface area contributed by atoms with Crippen LogP contribution in [-0.4, -0.2) is 40.2 Å². The third kappa shape index (κ3) is 6.27. The van der Waals surface area contributed by atoms with Gasteiger partial charge in [0, 0.05) is 24.2 Å². The molecule has 5 nitrogen and oxygen atoms in total. The van der Waals surface area contributed by atoms with Crippen LogP contribution in [-0.2, 0) is 23.5 Å². The first-order valence-electron chi connectivity index (χ1n) is 10.5. The highest BCUT2D eigenvalue weighted by molar-refractivity contribution is 7.09. The van der Waals surface area contributed by atoms with E-state index in [1.54, 1.807) is 0 Å². The Bertz CT molecular complexity index is 879. The second kappa shape index (κ2) is 10.1. The predicted octanol–water partition coefficient (Wildman–Crippen LogP) is 4.28. The molecule has 2 aromatic rings. The molecule has 1 saturated heterocycles. The van der Waals surface area contributed by atoms with Gasteiger partial charge in [-0.1, -0.05) is 37.1 Å². The average molecular weight is 456 g/mol. The Kier molecular flexibility index (Phi) is 7.72. The van der Waals surface area contributed by atoms with Crippen LogP contribution >= 0.6 is 11.3 Å². The van der Waals surface area contributed by atoms with E-state index >= 15 is 0 Å². The molecule has 1 aromatic heterocycles. The van der Waals surface area contributed by atoms with E-state index in [2.05, 4.69) is 15.2 Å². The van der Waals surface area contributed by atoms with Crippen molar-refractivity contribution in [2.24, 2.45) is 0 Å². The predicted molar refractivity (Wildman–Crippen MR) is 113 cm³/mol. The maximum absolute atomic E-state index is 13.6. The number of hydrogen-bond acceptors (Lipinski definition) is 5. The SMILES string of the molecule is Cc1csc(C(O)(CC(=O)NCc2cccc(CN3CCCCCC3)c2)C(F)(F)F)n1. The summed E-state index contributed by atoms with van der Waals surface area (Å²) in [5, 5.41) is 13.7. The number of aromatic nitrogens is 1. The second-order valence-electron chi connectivity index (χ2n) is 8.12. The molecule has 1 aliphatic heterocycles. The summed E-state index contributed by atoms with van der Waals surface area (Å²) in [6, 6.07) is 7.69. The van der Waals surface area contributed by atoms with Crippen molar-refractivity contribution in [3.8, 4) is 0 Å². The van der Waals surface area contributed by atoms with Gasteiger partial charge in [-0.15, -0.1) is 11.3 Å². The van der Waals surface area contributed by atoms with Crippen LogP contribution in [0.15, 0.2) is 29.6 Å². The molecule has 2 heterocycles. The minimum atomic E-state index is -5.01. The summed E-state index contributed by atoms with van der Waals surface area (Å²) in [4.78, 5) is 18.5. The molecule has 1 fully saturated rings. The molecule has 0 radical (unpaired) electrons. The highest BCUT2D eigenvalue weighted by Gasteiger charge is 2.58. The van der Waals surface area contributed by atoms with Gasteiger partial charge in [0.05, 0.1) is 6.42 Å². The lowest BCUT2D eigenvalue weighted by Gasteiger charge is -2.27. The van der Waals surface area contributed by atoms with Gasteiger partial charge in [0.2, 0.25) is 11.5 Å². The fourth-order valence-electron chi connectivity index (χ4n) is 3.73. The number of benzene rings is 1. The van der Waals surface area contributed by atoms with Gasteiger partial charge in [0.15, 0.2) is 0 Å². The van der Waals surface area contributed by atoms with Gasteiger partial charge in [0.25, 0.3) is 0 Å². The normalized spacial score (nSPS) is 17.7. The van der Waals surface area contributed by atoms with Crippen LogP contribution in [0.2, 0.25) is 0 Å². The molecule has 3 rings (SSSR count). The molecular formula is C22H28F3N3O2S. The van der Waals surface area contributed by atoms with E-state index in [0.717, 1.165) is 30.8 Å². The summed E-state index contributed by atoms with van der Waals surface area (Å²) in [5.74, 6) is -0.884. The van der Waals surface area contributed by atoms with Crippen molar-refractivity contribution in [3.63, 3.8) is 0 Å². The lowest BCUT2D eigenvalue weighted by molar-refractivity contribution is -0.267. The standard InChI is InChI=1S/C22H28F3N3O2S/c1-16-15-31-20(27-16)21(30,22(23,24)25)12-19(29)26-13-17-7-6-8-18(11-17)14-28-9-4-2-3-5-10-28/h6-8,11,15,30H,2-5,9-10,12-14H2,1H3,(H,26,29). The summed E-state index contributed by atoms with van der Waals surface area (Å²) in [6.45, 7) is 4.58. The van der Waals surface area contributed by atoms with Crippen LogP contribution in [0.3, 0.4) is 0 Å². The second-order valence-corrected chi connectivity index (χ2v) is 8.97. The van der Waals surface area contributed by atoms with E-state index in [4.69, 9.17) is 0 Å². The summed E-state index contributed by atoms with van der Waals surface area (Å²) in [6.07, 6.45) is -1.24. The highest BCUT2D eigenvalue weighted by atomic mass is 32.1. The highest BCUT2D eigenvalue weighted by Crippen LogP contribution is 2.42. The molecule has 0 bridgehead atoms. The summed E-state index contributed by atoms with van der Waals surface area (Å²) < 4.78 is 40.7. The van der Waals surface area contributed by atoms with E-state index in [1.807, 2.05) is 24.3 Å².